The van der Waals surface area contributed by atoms with E-state index in [9.17, 15) is 13.2 Å². The van der Waals surface area contributed by atoms with Gasteiger partial charge in [-0.3, -0.25) is 0 Å². The molecule has 1 fully saturated rings. The summed E-state index contributed by atoms with van der Waals surface area (Å²) in [6.45, 7) is 0.0323. The maximum Gasteiger partial charge on any atom is 0.391 e. The lowest BCUT2D eigenvalue weighted by molar-refractivity contribution is -0.184. The van der Waals surface area contributed by atoms with Crippen LogP contribution < -0.4 is 0 Å². The first-order valence-corrected chi connectivity index (χ1v) is 4.21. The summed E-state index contributed by atoms with van der Waals surface area (Å²) in [5.41, 5.74) is 0. The van der Waals surface area contributed by atoms with Gasteiger partial charge in [0.15, 0.2) is 0 Å². The van der Waals surface area contributed by atoms with E-state index in [4.69, 9.17) is 5.11 Å². The van der Waals surface area contributed by atoms with Crippen LogP contribution in [-0.2, 0) is 0 Å². The van der Waals surface area contributed by atoms with Gasteiger partial charge in [0.2, 0.25) is 0 Å². The van der Waals surface area contributed by atoms with E-state index in [-0.39, 0.29) is 25.4 Å². The normalized spacial score (nSPS) is 32.0. The number of aliphatic hydroxyl groups is 1. The number of hydrogen-bond acceptors (Lipinski definition) is 1. The number of aliphatic hydroxyl groups excluding tert-OH is 1. The molecular formula is C8H13F3O. The molecule has 1 aliphatic rings. The van der Waals surface area contributed by atoms with Gasteiger partial charge >= 0.3 is 6.18 Å². The topological polar surface area (TPSA) is 20.2 Å². The van der Waals surface area contributed by atoms with Crippen LogP contribution >= 0.6 is 0 Å². The Hall–Kier alpha value is -0.250. The van der Waals surface area contributed by atoms with Crippen LogP contribution in [0.4, 0.5) is 13.2 Å². The van der Waals surface area contributed by atoms with E-state index in [1.807, 2.05) is 0 Å². The van der Waals surface area contributed by atoms with Gasteiger partial charge in [-0.1, -0.05) is 0 Å². The molecule has 12 heavy (non-hydrogen) atoms. The summed E-state index contributed by atoms with van der Waals surface area (Å²) in [4.78, 5) is 0. The Labute approximate surface area is 69.6 Å². The van der Waals surface area contributed by atoms with Crippen LogP contribution in [0, 0.1) is 11.8 Å². The summed E-state index contributed by atoms with van der Waals surface area (Å²) in [7, 11) is 0. The van der Waals surface area contributed by atoms with E-state index >= 15 is 0 Å². The van der Waals surface area contributed by atoms with Crippen LogP contribution in [0.2, 0.25) is 0 Å². The SMILES string of the molecule is OCC1CCC(C(F)(F)F)CC1. The highest BCUT2D eigenvalue weighted by atomic mass is 19.4. The third-order valence-corrected chi connectivity index (χ3v) is 2.57. The minimum atomic E-state index is -4.03. The fourth-order valence-corrected chi connectivity index (χ4v) is 1.67. The molecule has 0 aromatic heterocycles. The summed E-state index contributed by atoms with van der Waals surface area (Å²) in [5, 5.41) is 8.70. The number of rotatable bonds is 1. The highest BCUT2D eigenvalue weighted by Crippen LogP contribution is 2.39. The van der Waals surface area contributed by atoms with Crippen molar-refractivity contribution in [2.75, 3.05) is 6.61 Å². The highest BCUT2D eigenvalue weighted by Gasteiger charge is 2.41. The molecule has 4 heteroatoms. The highest BCUT2D eigenvalue weighted by molar-refractivity contribution is 4.76. The van der Waals surface area contributed by atoms with E-state index < -0.39 is 12.1 Å². The Morgan fingerprint density at radius 2 is 1.58 bits per heavy atom. The van der Waals surface area contributed by atoms with Crippen LogP contribution in [0.15, 0.2) is 0 Å². The Kier molecular flexibility index (Phi) is 2.99. The van der Waals surface area contributed by atoms with Crippen LogP contribution in [0.25, 0.3) is 0 Å². The summed E-state index contributed by atoms with van der Waals surface area (Å²) >= 11 is 0. The minimum Gasteiger partial charge on any atom is -0.396 e. The molecule has 0 aromatic rings. The molecule has 0 atom stereocenters. The van der Waals surface area contributed by atoms with Crippen molar-refractivity contribution in [3.05, 3.63) is 0 Å². The third-order valence-electron chi connectivity index (χ3n) is 2.57. The fourth-order valence-electron chi connectivity index (χ4n) is 1.67. The van der Waals surface area contributed by atoms with Crippen molar-refractivity contribution in [1.29, 1.82) is 0 Å². The maximum absolute atomic E-state index is 12.1. The molecule has 0 spiro atoms. The average Bonchev–Trinajstić information content (AvgIpc) is 2.03. The van der Waals surface area contributed by atoms with Gasteiger partial charge in [0.05, 0.1) is 5.92 Å². The van der Waals surface area contributed by atoms with Crippen molar-refractivity contribution in [3.63, 3.8) is 0 Å². The first-order chi connectivity index (χ1) is 5.54. The van der Waals surface area contributed by atoms with Crippen molar-refractivity contribution in [2.45, 2.75) is 31.9 Å². The van der Waals surface area contributed by atoms with Crippen molar-refractivity contribution in [3.8, 4) is 0 Å². The Bertz CT molecular complexity index is 136. The zero-order valence-electron chi connectivity index (χ0n) is 6.77. The zero-order valence-corrected chi connectivity index (χ0v) is 6.77. The quantitative estimate of drug-likeness (QED) is 0.660. The minimum absolute atomic E-state index is 0.0323. The summed E-state index contributed by atoms with van der Waals surface area (Å²) in [6, 6.07) is 0. The molecule has 0 unspecified atom stereocenters. The lowest BCUT2D eigenvalue weighted by Crippen LogP contribution is -2.28. The average molecular weight is 182 g/mol. The van der Waals surface area contributed by atoms with E-state index in [0.29, 0.717) is 12.8 Å². The second kappa shape index (κ2) is 3.64. The van der Waals surface area contributed by atoms with Crippen LogP contribution in [0.5, 0.6) is 0 Å². The van der Waals surface area contributed by atoms with Gasteiger partial charge in [0.25, 0.3) is 0 Å². The standard InChI is InChI=1S/C8H13F3O/c9-8(10,11)7-3-1-6(5-12)2-4-7/h6-7,12H,1-5H2. The largest absolute Gasteiger partial charge is 0.396 e. The second-order valence-corrected chi connectivity index (χ2v) is 3.44. The Morgan fingerprint density at radius 1 is 1.08 bits per heavy atom. The van der Waals surface area contributed by atoms with Crippen molar-refractivity contribution >= 4 is 0 Å². The van der Waals surface area contributed by atoms with Crippen LogP contribution in [0.3, 0.4) is 0 Å². The summed E-state index contributed by atoms with van der Waals surface area (Å²) in [6.07, 6.45) is -2.62. The second-order valence-electron chi connectivity index (χ2n) is 3.44. The molecule has 1 aliphatic carbocycles. The first-order valence-electron chi connectivity index (χ1n) is 4.21. The van der Waals surface area contributed by atoms with Gasteiger partial charge in [-0.05, 0) is 31.6 Å². The first kappa shape index (κ1) is 9.84. The number of halogens is 3. The molecule has 1 nitrogen and oxygen atoms in total. The van der Waals surface area contributed by atoms with E-state index in [2.05, 4.69) is 0 Å². The molecule has 0 aliphatic heterocycles. The zero-order chi connectivity index (χ0) is 9.19. The molecule has 1 saturated carbocycles. The molecule has 1 rings (SSSR count). The van der Waals surface area contributed by atoms with Crippen molar-refractivity contribution < 1.29 is 18.3 Å². The predicted octanol–water partition coefficient (Wildman–Crippen LogP) is 2.35. The van der Waals surface area contributed by atoms with Gasteiger partial charge in [0, 0.05) is 6.61 Å². The van der Waals surface area contributed by atoms with Crippen LogP contribution in [-0.4, -0.2) is 17.9 Å². The van der Waals surface area contributed by atoms with Gasteiger partial charge < -0.3 is 5.11 Å². The van der Waals surface area contributed by atoms with E-state index in [1.165, 1.54) is 0 Å². The smallest absolute Gasteiger partial charge is 0.391 e. The predicted molar refractivity (Wildman–Crippen MR) is 38.6 cm³/mol. The van der Waals surface area contributed by atoms with Gasteiger partial charge in [0.1, 0.15) is 0 Å². The number of alkyl halides is 3. The molecular weight excluding hydrogens is 169 g/mol. The van der Waals surface area contributed by atoms with Crippen molar-refractivity contribution in [1.82, 2.24) is 0 Å². The monoisotopic (exact) mass is 182 g/mol. The van der Waals surface area contributed by atoms with Gasteiger partial charge in [-0.25, -0.2) is 0 Å². The number of hydrogen-bond donors (Lipinski definition) is 1. The van der Waals surface area contributed by atoms with Gasteiger partial charge in [-0.2, -0.15) is 13.2 Å². The molecule has 72 valence electrons. The lowest BCUT2D eigenvalue weighted by atomic mass is 9.82. The Morgan fingerprint density at radius 3 is 1.92 bits per heavy atom. The third kappa shape index (κ3) is 2.37. The molecule has 1 N–H and O–H groups in total. The fraction of sp³-hybridized carbons (Fsp3) is 1.00. The molecule has 0 aromatic carbocycles. The van der Waals surface area contributed by atoms with E-state index in [1.54, 1.807) is 0 Å². The maximum atomic E-state index is 12.1. The molecule has 0 radical (unpaired) electrons. The molecule has 0 heterocycles. The molecule has 0 saturated heterocycles. The van der Waals surface area contributed by atoms with Crippen molar-refractivity contribution in [2.24, 2.45) is 11.8 Å². The van der Waals surface area contributed by atoms with Crippen LogP contribution in [0.1, 0.15) is 25.7 Å². The molecule has 0 bridgehead atoms. The molecule has 0 amide bonds. The van der Waals surface area contributed by atoms with E-state index in [0.717, 1.165) is 0 Å². The summed E-state index contributed by atoms with van der Waals surface area (Å²) in [5.74, 6) is -1.02. The lowest BCUT2D eigenvalue weighted by Gasteiger charge is -2.28. The van der Waals surface area contributed by atoms with Gasteiger partial charge in [-0.15, -0.1) is 0 Å². The Balaban J connectivity index is 2.36. The summed E-state index contributed by atoms with van der Waals surface area (Å²) < 4.78 is 36.3.